The molecular formula is C22H21N3. The minimum Gasteiger partial charge on any atom is -0.258 e. The van der Waals surface area contributed by atoms with Crippen molar-refractivity contribution >= 4 is 12.2 Å². The summed E-state index contributed by atoms with van der Waals surface area (Å²) < 4.78 is 0. The molecule has 124 valence electrons. The third-order valence-corrected chi connectivity index (χ3v) is 3.40. The molecule has 0 saturated heterocycles. The highest BCUT2D eigenvalue weighted by molar-refractivity contribution is 5.68. The Kier molecular flexibility index (Phi) is 6.62. The van der Waals surface area contributed by atoms with Crippen molar-refractivity contribution in [2.45, 2.75) is 20.8 Å². The Labute approximate surface area is 149 Å². The zero-order chi connectivity index (χ0) is 18.1. The molecule has 0 aliphatic rings. The van der Waals surface area contributed by atoms with Gasteiger partial charge in [-0.2, -0.15) is 5.26 Å². The van der Waals surface area contributed by atoms with Crippen LogP contribution in [0.3, 0.4) is 0 Å². The van der Waals surface area contributed by atoms with Crippen LogP contribution >= 0.6 is 0 Å². The minimum atomic E-state index is 0.671. The Morgan fingerprint density at radius 3 is 1.92 bits per heavy atom. The first-order valence-electron chi connectivity index (χ1n) is 8.09. The summed E-state index contributed by atoms with van der Waals surface area (Å²) in [7, 11) is 0. The number of benzene rings is 1. The first-order chi connectivity index (χ1) is 12.1. The number of aryl methyl sites for hydroxylation is 3. The molecule has 0 aliphatic carbocycles. The van der Waals surface area contributed by atoms with Crippen LogP contribution in [0.5, 0.6) is 0 Å². The summed E-state index contributed by atoms with van der Waals surface area (Å²) >= 11 is 0. The van der Waals surface area contributed by atoms with Gasteiger partial charge in [-0.05, 0) is 68.8 Å². The Bertz CT molecular complexity index is 888. The van der Waals surface area contributed by atoms with Gasteiger partial charge >= 0.3 is 0 Å². The fourth-order valence-corrected chi connectivity index (χ4v) is 2.23. The van der Waals surface area contributed by atoms with Gasteiger partial charge in [0.15, 0.2) is 0 Å². The van der Waals surface area contributed by atoms with E-state index >= 15 is 0 Å². The van der Waals surface area contributed by atoms with E-state index in [9.17, 15) is 0 Å². The predicted octanol–water partition coefficient (Wildman–Crippen LogP) is 5.13. The molecule has 0 radical (unpaired) electrons. The lowest BCUT2D eigenvalue weighted by Crippen LogP contribution is -1.83. The second-order valence-corrected chi connectivity index (χ2v) is 5.69. The van der Waals surface area contributed by atoms with Gasteiger partial charge < -0.3 is 0 Å². The van der Waals surface area contributed by atoms with Crippen molar-refractivity contribution in [2.75, 3.05) is 0 Å². The van der Waals surface area contributed by atoms with Crippen molar-refractivity contribution in [3.05, 3.63) is 94.6 Å². The highest BCUT2D eigenvalue weighted by atomic mass is 14.7. The second kappa shape index (κ2) is 9.14. The van der Waals surface area contributed by atoms with Crippen LogP contribution < -0.4 is 0 Å². The van der Waals surface area contributed by atoms with Crippen molar-refractivity contribution in [2.24, 2.45) is 0 Å². The molecule has 3 aromatic rings. The number of nitriles is 1. The van der Waals surface area contributed by atoms with Crippen LogP contribution in [0.15, 0.2) is 60.7 Å². The Morgan fingerprint density at radius 1 is 0.760 bits per heavy atom. The molecular weight excluding hydrogens is 306 g/mol. The topological polar surface area (TPSA) is 49.6 Å². The molecule has 0 fully saturated rings. The molecule has 0 aliphatic heterocycles. The summed E-state index contributed by atoms with van der Waals surface area (Å²) in [6.07, 6.45) is 3.91. The van der Waals surface area contributed by atoms with E-state index in [0.29, 0.717) is 5.56 Å². The summed E-state index contributed by atoms with van der Waals surface area (Å²) in [6.45, 7) is 5.95. The molecule has 0 atom stereocenters. The van der Waals surface area contributed by atoms with Crippen molar-refractivity contribution in [1.29, 1.82) is 5.26 Å². The van der Waals surface area contributed by atoms with Gasteiger partial charge in [-0.25, -0.2) is 0 Å². The van der Waals surface area contributed by atoms with Crippen molar-refractivity contribution in [3.8, 4) is 6.07 Å². The van der Waals surface area contributed by atoms with E-state index in [1.54, 1.807) is 6.07 Å². The number of hydrogen-bond acceptors (Lipinski definition) is 3. The maximum absolute atomic E-state index is 8.80. The average Bonchev–Trinajstić information content (AvgIpc) is 2.61. The zero-order valence-corrected chi connectivity index (χ0v) is 14.8. The quantitative estimate of drug-likeness (QED) is 0.655. The van der Waals surface area contributed by atoms with Crippen LogP contribution in [-0.2, 0) is 0 Å². The largest absolute Gasteiger partial charge is 0.258 e. The van der Waals surface area contributed by atoms with Crippen LogP contribution in [0, 0.1) is 32.1 Å². The lowest BCUT2D eigenvalue weighted by Gasteiger charge is -1.96. The third-order valence-electron chi connectivity index (χ3n) is 3.40. The number of hydrogen-bond donors (Lipinski definition) is 0. The van der Waals surface area contributed by atoms with Crippen molar-refractivity contribution in [3.63, 3.8) is 0 Å². The summed E-state index contributed by atoms with van der Waals surface area (Å²) in [5, 5.41) is 8.80. The van der Waals surface area contributed by atoms with Crippen LogP contribution in [0.25, 0.3) is 12.2 Å². The lowest BCUT2D eigenvalue weighted by molar-refractivity contribution is 1.12. The van der Waals surface area contributed by atoms with E-state index in [2.05, 4.69) is 16.0 Å². The first-order valence-corrected chi connectivity index (χ1v) is 8.09. The molecule has 0 saturated carbocycles. The van der Waals surface area contributed by atoms with Gasteiger partial charge in [0, 0.05) is 17.1 Å². The number of aromatic nitrogens is 2. The summed E-state index contributed by atoms with van der Waals surface area (Å²) in [5.41, 5.74) is 5.77. The van der Waals surface area contributed by atoms with Crippen molar-refractivity contribution in [1.82, 2.24) is 9.97 Å². The third kappa shape index (κ3) is 6.40. The smallest absolute Gasteiger partial charge is 0.0991 e. The van der Waals surface area contributed by atoms with Crippen LogP contribution in [0.2, 0.25) is 0 Å². The van der Waals surface area contributed by atoms with E-state index in [1.807, 2.05) is 87.5 Å². The van der Waals surface area contributed by atoms with Gasteiger partial charge in [0.1, 0.15) is 0 Å². The molecule has 3 heteroatoms. The van der Waals surface area contributed by atoms with E-state index in [1.165, 1.54) is 0 Å². The fraction of sp³-hybridized carbons (Fsp3) is 0.136. The maximum atomic E-state index is 8.80. The summed E-state index contributed by atoms with van der Waals surface area (Å²) in [5.74, 6) is 0. The van der Waals surface area contributed by atoms with Gasteiger partial charge in [-0.15, -0.1) is 0 Å². The zero-order valence-electron chi connectivity index (χ0n) is 14.8. The van der Waals surface area contributed by atoms with E-state index in [0.717, 1.165) is 28.3 Å². The maximum Gasteiger partial charge on any atom is 0.0991 e. The second-order valence-electron chi connectivity index (χ2n) is 5.69. The van der Waals surface area contributed by atoms with Gasteiger partial charge in [-0.3, -0.25) is 9.97 Å². The average molecular weight is 327 g/mol. The Morgan fingerprint density at radius 2 is 1.36 bits per heavy atom. The van der Waals surface area contributed by atoms with E-state index in [4.69, 9.17) is 5.26 Å². The summed E-state index contributed by atoms with van der Waals surface area (Å²) in [6, 6.07) is 21.5. The Hall–Kier alpha value is -3.25. The number of nitrogens with zero attached hydrogens (tertiary/aromatic N) is 3. The van der Waals surface area contributed by atoms with E-state index < -0.39 is 0 Å². The van der Waals surface area contributed by atoms with Crippen LogP contribution in [0.4, 0.5) is 0 Å². The van der Waals surface area contributed by atoms with Gasteiger partial charge in [0.2, 0.25) is 0 Å². The molecule has 0 unspecified atom stereocenters. The molecule has 2 aromatic heterocycles. The van der Waals surface area contributed by atoms with Crippen molar-refractivity contribution < 1.29 is 0 Å². The van der Waals surface area contributed by atoms with Gasteiger partial charge in [0.05, 0.1) is 17.3 Å². The number of pyridine rings is 2. The van der Waals surface area contributed by atoms with E-state index in [-0.39, 0.29) is 0 Å². The monoisotopic (exact) mass is 327 g/mol. The molecule has 1 aromatic carbocycles. The molecule has 0 amide bonds. The molecule has 25 heavy (non-hydrogen) atoms. The van der Waals surface area contributed by atoms with Crippen LogP contribution in [0.1, 0.15) is 33.9 Å². The van der Waals surface area contributed by atoms with Crippen LogP contribution in [-0.4, -0.2) is 9.97 Å². The standard InChI is InChI=1S/C15H12N2.C7H9N/c1-12-4-2-7-15(17-12)9-8-13-5-3-6-14(10-13)11-16;1-6-4-3-5-7(2)8-6/h2-10H,1H3;3-5H,1-2H3. The first kappa shape index (κ1) is 18.1. The molecule has 2 heterocycles. The fourth-order valence-electron chi connectivity index (χ4n) is 2.23. The normalized spacial score (nSPS) is 10.0. The lowest BCUT2D eigenvalue weighted by atomic mass is 10.1. The predicted molar refractivity (Wildman–Crippen MR) is 103 cm³/mol. The highest BCUT2D eigenvalue weighted by Gasteiger charge is 1.92. The molecule has 3 rings (SSSR count). The summed E-state index contributed by atoms with van der Waals surface area (Å²) in [4.78, 5) is 8.55. The van der Waals surface area contributed by atoms with Gasteiger partial charge in [-0.1, -0.05) is 30.3 Å². The SMILES string of the molecule is Cc1cccc(C)n1.Cc1cccc(C=Cc2cccc(C#N)c2)n1. The highest BCUT2D eigenvalue weighted by Crippen LogP contribution is 2.09. The Balaban J connectivity index is 0.000000236. The molecule has 0 bridgehead atoms. The number of rotatable bonds is 2. The molecule has 0 N–H and O–H groups in total. The molecule has 0 spiro atoms. The van der Waals surface area contributed by atoms with Gasteiger partial charge in [0.25, 0.3) is 0 Å². The molecule has 3 nitrogen and oxygen atoms in total. The minimum absolute atomic E-state index is 0.671.